The zero-order valence-electron chi connectivity index (χ0n) is 23.5. The minimum atomic E-state index is -4.90. The van der Waals surface area contributed by atoms with Crippen molar-refractivity contribution in [3.63, 3.8) is 0 Å². The maximum atomic E-state index is 13.7. The summed E-state index contributed by atoms with van der Waals surface area (Å²) in [4.78, 5) is 15.9. The Labute approximate surface area is 249 Å². The number of piperidine rings is 1. The Balaban J connectivity index is 1.46. The Bertz CT molecular complexity index is 1360. The van der Waals surface area contributed by atoms with Crippen molar-refractivity contribution in [3.05, 3.63) is 34.5 Å². The molecule has 2 saturated heterocycles. The van der Waals surface area contributed by atoms with Crippen molar-refractivity contribution in [2.45, 2.75) is 69.6 Å². The molecule has 17 heteroatoms. The van der Waals surface area contributed by atoms with Crippen molar-refractivity contribution in [1.82, 2.24) is 30.2 Å². The summed E-state index contributed by atoms with van der Waals surface area (Å²) in [6.07, 6.45) is -5.79. The van der Waals surface area contributed by atoms with Crippen LogP contribution in [0.4, 0.5) is 44.1 Å². The maximum Gasteiger partial charge on any atom is 0.412 e. The third-order valence-electron chi connectivity index (χ3n) is 8.14. The smallest absolute Gasteiger partial charge is 0.393 e. The molecular weight excluding hydrogens is 604 g/mol. The second kappa shape index (κ2) is 12.1. The SMILES string of the molecule is CCC1C[C@H](N(CC2=CC(C(F)(F)F)CC(C(F)(F)F)=C2)c2nnn(C)n2)CN1c1nc(N2CCC(O)CC2)ncc1Cl. The van der Waals surface area contributed by atoms with Gasteiger partial charge >= 0.3 is 12.4 Å². The zero-order chi connectivity index (χ0) is 31.1. The molecule has 0 saturated carbocycles. The van der Waals surface area contributed by atoms with Gasteiger partial charge in [0.2, 0.25) is 5.95 Å². The van der Waals surface area contributed by atoms with E-state index in [1.165, 1.54) is 18.0 Å². The first-order valence-electron chi connectivity index (χ1n) is 14.0. The highest BCUT2D eigenvalue weighted by molar-refractivity contribution is 6.32. The van der Waals surface area contributed by atoms with E-state index in [1.807, 2.05) is 16.7 Å². The summed E-state index contributed by atoms with van der Waals surface area (Å²) in [5.74, 6) is -1.24. The fourth-order valence-electron chi connectivity index (χ4n) is 5.87. The molecule has 3 atom stereocenters. The lowest BCUT2D eigenvalue weighted by Crippen LogP contribution is -2.41. The highest BCUT2D eigenvalue weighted by Crippen LogP contribution is 2.42. The molecule has 2 aromatic heterocycles. The van der Waals surface area contributed by atoms with Gasteiger partial charge in [0.1, 0.15) is 5.02 Å². The number of halogens is 7. The Morgan fingerprint density at radius 3 is 2.47 bits per heavy atom. The summed E-state index contributed by atoms with van der Waals surface area (Å²) in [6, 6.07) is -0.513. The molecule has 4 heterocycles. The highest BCUT2D eigenvalue weighted by atomic mass is 35.5. The van der Waals surface area contributed by atoms with Gasteiger partial charge in [-0.05, 0) is 49.0 Å². The van der Waals surface area contributed by atoms with Crippen LogP contribution < -0.4 is 14.7 Å². The van der Waals surface area contributed by atoms with Crippen molar-refractivity contribution in [3.8, 4) is 0 Å². The monoisotopic (exact) mass is 635 g/mol. The van der Waals surface area contributed by atoms with Gasteiger partial charge in [-0.25, -0.2) is 4.98 Å². The van der Waals surface area contributed by atoms with Crippen molar-refractivity contribution in [2.24, 2.45) is 13.0 Å². The van der Waals surface area contributed by atoms with E-state index >= 15 is 0 Å². The lowest BCUT2D eigenvalue weighted by Gasteiger charge is -2.32. The van der Waals surface area contributed by atoms with Gasteiger partial charge in [-0.15, -0.1) is 5.10 Å². The van der Waals surface area contributed by atoms with E-state index in [0.29, 0.717) is 62.1 Å². The molecule has 0 aromatic carbocycles. The summed E-state index contributed by atoms with van der Waals surface area (Å²) < 4.78 is 81.9. The average Bonchev–Trinajstić information content (AvgIpc) is 3.57. The van der Waals surface area contributed by atoms with Crippen LogP contribution in [0.5, 0.6) is 0 Å². The predicted octanol–water partition coefficient (Wildman–Crippen LogP) is 4.48. The van der Waals surface area contributed by atoms with Gasteiger partial charge in [-0.2, -0.15) is 36.1 Å². The van der Waals surface area contributed by atoms with Crippen LogP contribution in [0.2, 0.25) is 5.02 Å². The van der Waals surface area contributed by atoms with Gasteiger partial charge in [0.15, 0.2) is 5.82 Å². The number of aliphatic hydroxyl groups is 1. The van der Waals surface area contributed by atoms with E-state index in [-0.39, 0.29) is 30.2 Å². The standard InChI is InChI=1S/C26H32ClF6N9O/c1-3-18-11-19(14-41(18)22-21(27)12-34-23(35-22)40-6-4-20(43)5-7-40)42(24-36-38-39(2)37-24)13-15-8-16(25(28,29)30)10-17(9-15)26(31,32)33/h8-9,12,16,18-20,43H,3-7,10-11,13-14H2,1-2H3/t16?,18?,19-/m0/s1. The molecule has 10 nitrogen and oxygen atoms in total. The van der Waals surface area contributed by atoms with Crippen LogP contribution in [0.1, 0.15) is 39.0 Å². The van der Waals surface area contributed by atoms with E-state index < -0.39 is 36.3 Å². The quantitative estimate of drug-likeness (QED) is 0.442. The summed E-state index contributed by atoms with van der Waals surface area (Å²) in [7, 11) is 1.52. The number of aliphatic hydroxyl groups excluding tert-OH is 1. The number of aryl methyl sites for hydroxylation is 1. The van der Waals surface area contributed by atoms with Crippen molar-refractivity contribution in [1.29, 1.82) is 0 Å². The first-order chi connectivity index (χ1) is 20.2. The minimum absolute atomic E-state index is 0.0857. The first kappa shape index (κ1) is 31.3. The van der Waals surface area contributed by atoms with Gasteiger partial charge in [-0.3, -0.25) is 0 Å². The van der Waals surface area contributed by atoms with E-state index in [1.54, 1.807) is 4.90 Å². The van der Waals surface area contributed by atoms with Gasteiger partial charge in [0.05, 0.1) is 31.3 Å². The third kappa shape index (κ3) is 7.00. The van der Waals surface area contributed by atoms with Gasteiger partial charge in [0, 0.05) is 37.8 Å². The molecule has 2 fully saturated rings. The van der Waals surface area contributed by atoms with Crippen LogP contribution in [-0.2, 0) is 7.05 Å². The molecule has 1 aliphatic carbocycles. The molecule has 0 amide bonds. The van der Waals surface area contributed by atoms with Crippen LogP contribution in [0.3, 0.4) is 0 Å². The number of nitrogens with zero attached hydrogens (tertiary/aromatic N) is 9. The van der Waals surface area contributed by atoms with Crippen molar-refractivity contribution < 1.29 is 31.4 Å². The molecule has 0 bridgehead atoms. The average molecular weight is 636 g/mol. The minimum Gasteiger partial charge on any atom is -0.393 e. The number of allylic oxidation sites excluding steroid dienone is 2. The van der Waals surface area contributed by atoms with Gasteiger partial charge in [-0.1, -0.05) is 29.7 Å². The second-order valence-corrected chi connectivity index (χ2v) is 11.5. The van der Waals surface area contributed by atoms with Crippen molar-refractivity contribution in [2.75, 3.05) is 40.9 Å². The van der Waals surface area contributed by atoms with E-state index in [0.717, 1.165) is 12.2 Å². The fraction of sp³-hybridized carbons (Fsp3) is 0.654. The number of hydrogen-bond acceptors (Lipinski definition) is 9. The summed E-state index contributed by atoms with van der Waals surface area (Å²) >= 11 is 6.57. The number of anilines is 3. The Morgan fingerprint density at radius 2 is 1.86 bits per heavy atom. The van der Waals surface area contributed by atoms with Gasteiger partial charge in [0.25, 0.3) is 5.95 Å². The molecule has 2 unspecified atom stereocenters. The Hall–Kier alpha value is -3.14. The van der Waals surface area contributed by atoms with Crippen LogP contribution >= 0.6 is 11.6 Å². The van der Waals surface area contributed by atoms with E-state index in [4.69, 9.17) is 16.6 Å². The van der Waals surface area contributed by atoms with Crippen molar-refractivity contribution >= 4 is 29.3 Å². The molecule has 43 heavy (non-hydrogen) atoms. The normalized spacial score (nSPS) is 23.9. The molecule has 0 radical (unpaired) electrons. The highest BCUT2D eigenvalue weighted by Gasteiger charge is 2.46. The zero-order valence-corrected chi connectivity index (χ0v) is 24.3. The van der Waals surface area contributed by atoms with E-state index in [9.17, 15) is 31.4 Å². The summed E-state index contributed by atoms with van der Waals surface area (Å²) in [5, 5.41) is 22.3. The largest absolute Gasteiger partial charge is 0.412 e. The van der Waals surface area contributed by atoms with Crippen LogP contribution in [-0.4, -0.2) is 92.0 Å². The lowest BCUT2D eigenvalue weighted by molar-refractivity contribution is -0.166. The number of alkyl halides is 6. The fourth-order valence-corrected chi connectivity index (χ4v) is 6.07. The molecule has 3 aliphatic rings. The van der Waals surface area contributed by atoms with Crippen LogP contribution in [0, 0.1) is 5.92 Å². The Kier molecular flexibility index (Phi) is 8.80. The number of hydrogen-bond donors (Lipinski definition) is 1. The predicted molar refractivity (Wildman–Crippen MR) is 147 cm³/mol. The number of aromatic nitrogens is 6. The molecule has 2 aromatic rings. The summed E-state index contributed by atoms with van der Waals surface area (Å²) in [6.45, 7) is 3.15. The number of tetrazole rings is 1. The Morgan fingerprint density at radius 1 is 1.14 bits per heavy atom. The molecule has 2 aliphatic heterocycles. The molecular formula is C26H32ClF6N9O. The number of rotatable bonds is 7. The van der Waals surface area contributed by atoms with E-state index in [2.05, 4.69) is 20.4 Å². The maximum absolute atomic E-state index is 13.7. The van der Waals surface area contributed by atoms with Gasteiger partial charge < -0.3 is 19.8 Å². The molecule has 5 rings (SSSR count). The summed E-state index contributed by atoms with van der Waals surface area (Å²) in [5.41, 5.74) is -1.36. The molecule has 236 valence electrons. The topological polar surface area (TPSA) is 99.3 Å². The lowest BCUT2D eigenvalue weighted by atomic mass is 9.89. The first-order valence-corrected chi connectivity index (χ1v) is 14.4. The molecule has 1 N–H and O–H groups in total. The second-order valence-electron chi connectivity index (χ2n) is 11.1. The molecule has 0 spiro atoms. The van der Waals surface area contributed by atoms with Crippen LogP contribution in [0.15, 0.2) is 29.5 Å². The third-order valence-corrected chi connectivity index (χ3v) is 8.41. The van der Waals surface area contributed by atoms with Crippen LogP contribution in [0.25, 0.3) is 0 Å².